The molecule has 3 aromatic rings. The second-order valence-electron chi connectivity index (χ2n) is 16.0. The summed E-state index contributed by atoms with van der Waals surface area (Å²) in [4.78, 5) is 87.6. The van der Waals surface area contributed by atoms with Crippen LogP contribution in [0.4, 0.5) is 0 Å². The van der Waals surface area contributed by atoms with Crippen molar-refractivity contribution in [3.8, 4) is 17.2 Å². The third kappa shape index (κ3) is 4.76. The van der Waals surface area contributed by atoms with Gasteiger partial charge in [-0.25, -0.2) is 0 Å². The molecule has 3 aliphatic heterocycles. The first-order valence-electron chi connectivity index (χ1n) is 17.9. The molecule has 11 nitrogen and oxygen atoms in total. The summed E-state index contributed by atoms with van der Waals surface area (Å²) in [7, 11) is 0. The van der Waals surface area contributed by atoms with E-state index in [4.69, 9.17) is 14.2 Å². The Balaban J connectivity index is 1.31. The van der Waals surface area contributed by atoms with E-state index in [1.165, 1.54) is 36.4 Å². The minimum atomic E-state index is -1.17. The molecule has 11 heteroatoms. The lowest BCUT2D eigenvalue weighted by Crippen LogP contribution is -2.36. The monoisotopic (exact) mass is 748 g/mol. The van der Waals surface area contributed by atoms with Gasteiger partial charge in [-0.05, 0) is 96.2 Å². The Hall–Kier alpha value is -6.88. The first-order chi connectivity index (χ1) is 26.3. The number of ketones is 6. The van der Waals surface area contributed by atoms with Crippen molar-refractivity contribution in [1.82, 2.24) is 0 Å². The fourth-order valence-corrected chi connectivity index (χ4v) is 8.05. The summed E-state index contributed by atoms with van der Waals surface area (Å²) in [5, 5.41) is 23.5. The molecule has 3 heterocycles. The Morgan fingerprint density at radius 3 is 1.02 bits per heavy atom. The molecule has 0 unspecified atom stereocenters. The average Bonchev–Trinajstić information content (AvgIpc) is 3.13. The van der Waals surface area contributed by atoms with Crippen LogP contribution in [0.15, 0.2) is 88.4 Å². The smallest absolute Gasteiger partial charge is 0.229 e. The zero-order chi connectivity index (χ0) is 40.0. The molecule has 0 saturated carbocycles. The van der Waals surface area contributed by atoms with Crippen molar-refractivity contribution < 1.29 is 53.2 Å². The van der Waals surface area contributed by atoms with Crippen LogP contribution in [0.3, 0.4) is 0 Å². The highest BCUT2D eigenvalue weighted by atomic mass is 16.5. The molecule has 2 N–H and O–H groups in total. The lowest BCUT2D eigenvalue weighted by atomic mass is 9.70. The highest BCUT2D eigenvalue weighted by Crippen LogP contribution is 2.48. The second-order valence-corrected chi connectivity index (χ2v) is 16.0. The first-order valence-corrected chi connectivity index (χ1v) is 17.9. The van der Waals surface area contributed by atoms with Crippen LogP contribution in [0.2, 0.25) is 0 Å². The van der Waals surface area contributed by atoms with Gasteiger partial charge < -0.3 is 24.4 Å². The molecule has 0 amide bonds. The van der Waals surface area contributed by atoms with Crippen LogP contribution < -0.4 is 14.2 Å². The molecule has 9 rings (SSSR count). The van der Waals surface area contributed by atoms with Crippen molar-refractivity contribution in [2.24, 2.45) is 0 Å². The Morgan fingerprint density at radius 2 is 0.679 bits per heavy atom. The van der Waals surface area contributed by atoms with Gasteiger partial charge in [0.25, 0.3) is 0 Å². The van der Waals surface area contributed by atoms with Crippen molar-refractivity contribution in [3.63, 3.8) is 0 Å². The zero-order valence-electron chi connectivity index (χ0n) is 31.0. The lowest BCUT2D eigenvalue weighted by Gasteiger charge is -2.33. The summed E-state index contributed by atoms with van der Waals surface area (Å²) in [6.45, 7) is 10.8. The summed E-state index contributed by atoms with van der Waals surface area (Å²) in [6, 6.07) is 8.41. The SMILES string of the molecule is CC1(C)C=Cc2c(ccc3c2C(=O)C(O)=C(C2=C(C4=C(O)C(=O)c5c(ccc6c5C=CC(C)(C)O6)C4=O)C(=O)c4c(ccc5c4C=CC(C)(C)O5)C2=O)C3=O)O1. The molecule has 0 aromatic heterocycles. The number of aliphatic hydroxyl groups is 2. The maximum atomic E-state index is 15.1. The van der Waals surface area contributed by atoms with Crippen molar-refractivity contribution in [1.29, 1.82) is 0 Å². The minimum Gasteiger partial charge on any atom is -0.504 e. The zero-order valence-corrected chi connectivity index (χ0v) is 31.0. The van der Waals surface area contributed by atoms with Crippen molar-refractivity contribution in [2.75, 3.05) is 0 Å². The van der Waals surface area contributed by atoms with E-state index in [1.54, 1.807) is 78.0 Å². The number of hydrogen-bond acceptors (Lipinski definition) is 11. The van der Waals surface area contributed by atoms with Crippen LogP contribution in [0.1, 0.15) is 120 Å². The number of carbonyl (C=O) groups excluding carboxylic acids is 6. The van der Waals surface area contributed by atoms with Gasteiger partial charge in [0, 0.05) is 61.2 Å². The van der Waals surface area contributed by atoms with Crippen molar-refractivity contribution in [2.45, 2.75) is 58.3 Å². The van der Waals surface area contributed by atoms with Crippen molar-refractivity contribution in [3.05, 3.63) is 139 Å². The van der Waals surface area contributed by atoms with Gasteiger partial charge in [-0.2, -0.15) is 0 Å². The number of hydrogen-bond donors (Lipinski definition) is 2. The van der Waals surface area contributed by atoms with Gasteiger partial charge in [-0.3, -0.25) is 28.8 Å². The standard InChI is InChI=1S/C45H32O11/c1-43(2)16-13-19-25(54-43)10-7-22-28(19)38(49)32(34-37(48)24-9-12-27-21(15-18-45(5,6)56-27)30(24)40(51)42(34)53)31(35(22)46)33-36(47)23-8-11-26-20(14-17-44(3,4)55-26)29(23)39(50)41(33)52/h7-18,52-53H,1-6H3. The van der Waals surface area contributed by atoms with E-state index in [-0.39, 0.29) is 67.3 Å². The average molecular weight is 749 g/mol. The molecule has 0 radical (unpaired) electrons. The summed E-state index contributed by atoms with van der Waals surface area (Å²) < 4.78 is 18.1. The molecule has 3 aromatic carbocycles. The van der Waals surface area contributed by atoms with Crippen LogP contribution in [-0.4, -0.2) is 61.7 Å². The van der Waals surface area contributed by atoms with E-state index in [9.17, 15) is 34.2 Å². The summed E-state index contributed by atoms with van der Waals surface area (Å²) in [5.74, 6) is -7.69. The van der Waals surface area contributed by atoms with Gasteiger partial charge in [0.15, 0.2) is 34.7 Å². The van der Waals surface area contributed by atoms with E-state index < -0.39 is 85.3 Å². The number of benzene rings is 3. The number of carbonyl (C=O) groups is 6. The highest BCUT2D eigenvalue weighted by Gasteiger charge is 2.49. The molecule has 6 aliphatic rings. The van der Waals surface area contributed by atoms with Gasteiger partial charge in [0.1, 0.15) is 34.1 Å². The van der Waals surface area contributed by atoms with E-state index in [2.05, 4.69) is 0 Å². The van der Waals surface area contributed by atoms with Gasteiger partial charge in [0.2, 0.25) is 11.6 Å². The molecule has 278 valence electrons. The highest BCUT2D eigenvalue weighted by molar-refractivity contribution is 6.42. The number of ether oxygens (including phenoxy) is 3. The Labute approximate surface area is 319 Å². The number of aliphatic hydroxyl groups excluding tert-OH is 2. The van der Waals surface area contributed by atoms with Gasteiger partial charge in [0.05, 0.1) is 11.1 Å². The Bertz CT molecular complexity index is 2750. The second kappa shape index (κ2) is 11.1. The predicted octanol–water partition coefficient (Wildman–Crippen LogP) is 7.70. The third-order valence-electron chi connectivity index (χ3n) is 10.7. The Kier molecular flexibility index (Phi) is 6.91. The van der Waals surface area contributed by atoms with Crippen LogP contribution in [0, 0.1) is 0 Å². The van der Waals surface area contributed by atoms with Gasteiger partial charge in [-0.15, -0.1) is 0 Å². The van der Waals surface area contributed by atoms with Crippen LogP contribution in [0.5, 0.6) is 17.2 Å². The molecule has 0 atom stereocenters. The molecule has 56 heavy (non-hydrogen) atoms. The van der Waals surface area contributed by atoms with E-state index in [0.717, 1.165) is 0 Å². The molecule has 0 spiro atoms. The maximum Gasteiger partial charge on any atom is 0.229 e. The minimum absolute atomic E-state index is 0.181. The fourth-order valence-electron chi connectivity index (χ4n) is 8.05. The maximum absolute atomic E-state index is 15.1. The van der Waals surface area contributed by atoms with E-state index >= 15 is 4.79 Å². The number of Topliss-reactive ketones (excluding diaryl/α,β-unsaturated/α-hetero) is 6. The van der Waals surface area contributed by atoms with Gasteiger partial charge >= 0.3 is 0 Å². The summed E-state index contributed by atoms with van der Waals surface area (Å²) >= 11 is 0. The van der Waals surface area contributed by atoms with Crippen LogP contribution in [0.25, 0.3) is 18.2 Å². The molecule has 0 fully saturated rings. The predicted molar refractivity (Wildman–Crippen MR) is 203 cm³/mol. The topological polar surface area (TPSA) is 171 Å². The van der Waals surface area contributed by atoms with Crippen LogP contribution >= 0.6 is 0 Å². The normalized spacial score (nSPS) is 20.8. The lowest BCUT2D eigenvalue weighted by molar-refractivity contribution is 0.0910. The number of rotatable bonds is 2. The summed E-state index contributed by atoms with van der Waals surface area (Å²) in [5.41, 5.74) is -6.19. The number of allylic oxidation sites excluding steroid dienone is 6. The first kappa shape index (κ1) is 34.9. The largest absolute Gasteiger partial charge is 0.504 e. The molecular weight excluding hydrogens is 716 g/mol. The third-order valence-corrected chi connectivity index (χ3v) is 10.7. The van der Waals surface area contributed by atoms with Gasteiger partial charge in [-0.1, -0.05) is 18.2 Å². The fraction of sp³-hybridized carbons (Fsp3) is 0.200. The quantitative estimate of drug-likeness (QED) is 0.263. The summed E-state index contributed by atoms with van der Waals surface area (Å²) in [6.07, 6.45) is 9.83. The van der Waals surface area contributed by atoms with Crippen LogP contribution in [-0.2, 0) is 0 Å². The Morgan fingerprint density at radius 1 is 0.393 bits per heavy atom. The van der Waals surface area contributed by atoms with Crippen molar-refractivity contribution >= 4 is 52.9 Å². The number of fused-ring (bicyclic) bond motifs is 9. The molecule has 3 aliphatic carbocycles. The molecule has 0 bridgehead atoms. The van der Waals surface area contributed by atoms with E-state index in [0.29, 0.717) is 0 Å². The van der Waals surface area contributed by atoms with E-state index in [1.807, 2.05) is 0 Å². The molecular formula is C45H32O11. The molecule has 0 saturated heterocycles.